The van der Waals surface area contributed by atoms with Crippen LogP contribution >= 0.6 is 0 Å². The van der Waals surface area contributed by atoms with E-state index in [0.717, 1.165) is 35.1 Å². The summed E-state index contributed by atoms with van der Waals surface area (Å²) in [5, 5.41) is 0. The van der Waals surface area contributed by atoms with Crippen molar-refractivity contribution in [1.29, 1.82) is 0 Å². The third kappa shape index (κ3) is 7.97. The van der Waals surface area contributed by atoms with Gasteiger partial charge in [0.25, 0.3) is 5.91 Å². The number of amides is 2. The minimum absolute atomic E-state index is 0.0590. The smallest absolute Gasteiger partial charge is 0.331 e. The van der Waals surface area contributed by atoms with Crippen molar-refractivity contribution in [2.45, 2.75) is 43.8 Å². The van der Waals surface area contributed by atoms with Gasteiger partial charge in [0.05, 0.1) is 12.5 Å². The van der Waals surface area contributed by atoms with Gasteiger partial charge in [-0.15, -0.1) is 0 Å². The molecule has 0 aromatic heterocycles. The summed E-state index contributed by atoms with van der Waals surface area (Å²) < 4.78 is 62.7. The SMILES string of the molecule is O=C(NS(=O)(=O)C(F)(F)F)c1cccc(-c2cccc(CC(=O)N(Cc3ccccc3)C3c4ccccc4CCC3Cc3ccccc3)c2)c1. The van der Waals surface area contributed by atoms with Crippen LogP contribution in [0.2, 0.25) is 0 Å². The first-order chi connectivity index (χ1) is 24.0. The van der Waals surface area contributed by atoms with E-state index in [1.807, 2.05) is 71.6 Å². The van der Waals surface area contributed by atoms with Gasteiger partial charge in [0, 0.05) is 12.1 Å². The number of benzene rings is 5. The zero-order chi connectivity index (χ0) is 35.3. The van der Waals surface area contributed by atoms with Crippen LogP contribution in [0.1, 0.15) is 50.6 Å². The van der Waals surface area contributed by atoms with Crippen molar-refractivity contribution in [2.24, 2.45) is 5.92 Å². The molecule has 5 aromatic carbocycles. The van der Waals surface area contributed by atoms with Crippen LogP contribution in [-0.2, 0) is 40.6 Å². The molecule has 0 spiro atoms. The molecule has 6 rings (SSSR count). The lowest BCUT2D eigenvalue weighted by atomic mass is 9.76. The number of sulfonamides is 1. The van der Waals surface area contributed by atoms with Gasteiger partial charge in [0.15, 0.2) is 0 Å². The second kappa shape index (κ2) is 14.7. The molecule has 0 bridgehead atoms. The number of nitrogens with one attached hydrogen (secondary N) is 1. The van der Waals surface area contributed by atoms with E-state index in [9.17, 15) is 31.2 Å². The van der Waals surface area contributed by atoms with E-state index in [0.29, 0.717) is 23.2 Å². The Kier molecular flexibility index (Phi) is 10.2. The Bertz CT molecular complexity index is 2090. The van der Waals surface area contributed by atoms with Crippen molar-refractivity contribution >= 4 is 21.8 Å². The van der Waals surface area contributed by atoms with Crippen LogP contribution in [-0.4, -0.2) is 30.6 Å². The minimum atomic E-state index is -5.87. The van der Waals surface area contributed by atoms with E-state index in [4.69, 9.17) is 0 Å². The fraction of sp³-hybridized carbons (Fsp3) is 0.200. The first-order valence-corrected chi connectivity index (χ1v) is 17.7. The van der Waals surface area contributed by atoms with Crippen molar-refractivity contribution in [3.8, 4) is 11.1 Å². The van der Waals surface area contributed by atoms with Crippen molar-refractivity contribution < 1.29 is 31.2 Å². The molecule has 1 aliphatic carbocycles. The highest BCUT2D eigenvalue weighted by molar-refractivity contribution is 7.90. The molecule has 0 heterocycles. The third-order valence-corrected chi connectivity index (χ3v) is 10.1. The van der Waals surface area contributed by atoms with Gasteiger partial charge in [-0.3, -0.25) is 9.59 Å². The molecule has 5 aromatic rings. The molecule has 50 heavy (non-hydrogen) atoms. The standard InChI is InChI=1S/C40H35F3N2O4S/c41-40(42,43)50(48,49)44-39(47)35-19-10-18-33(26-35)32-17-9-15-30(24-32)25-37(46)45(27-29-13-5-2-6-14-29)38-34(23-28-11-3-1-4-12-28)22-21-31-16-7-8-20-36(31)38/h1-20,24,26,34,38H,21-23,25,27H2,(H,44,47). The molecular weight excluding hydrogens is 662 g/mol. The van der Waals surface area contributed by atoms with E-state index < -0.39 is 21.4 Å². The Morgan fingerprint density at radius 2 is 1.32 bits per heavy atom. The molecule has 10 heteroatoms. The maximum Gasteiger partial charge on any atom is 0.516 e. The quantitative estimate of drug-likeness (QED) is 0.160. The number of rotatable bonds is 10. The second-order valence-electron chi connectivity index (χ2n) is 12.5. The average Bonchev–Trinajstić information content (AvgIpc) is 3.11. The molecule has 2 unspecified atom stereocenters. The van der Waals surface area contributed by atoms with Crippen LogP contribution in [0, 0.1) is 5.92 Å². The molecule has 1 N–H and O–H groups in total. The average molecular weight is 697 g/mol. The summed E-state index contributed by atoms with van der Waals surface area (Å²) in [6.45, 7) is 0.418. The predicted octanol–water partition coefficient (Wildman–Crippen LogP) is 8.05. The lowest BCUT2D eigenvalue weighted by Gasteiger charge is -2.42. The summed E-state index contributed by atoms with van der Waals surface area (Å²) >= 11 is 0. The third-order valence-electron chi connectivity index (χ3n) is 9.07. The zero-order valence-electron chi connectivity index (χ0n) is 27.0. The van der Waals surface area contributed by atoms with Gasteiger partial charge in [-0.2, -0.15) is 21.6 Å². The largest absolute Gasteiger partial charge is 0.516 e. The van der Waals surface area contributed by atoms with Crippen LogP contribution in [0.5, 0.6) is 0 Å². The fourth-order valence-electron chi connectivity index (χ4n) is 6.69. The maximum absolute atomic E-state index is 14.6. The number of aryl methyl sites for hydroxylation is 1. The number of carbonyl (C=O) groups is 2. The molecule has 0 fully saturated rings. The molecule has 0 saturated heterocycles. The fourth-order valence-corrected chi connectivity index (χ4v) is 7.17. The van der Waals surface area contributed by atoms with E-state index >= 15 is 0 Å². The predicted molar refractivity (Wildman–Crippen MR) is 186 cm³/mol. The van der Waals surface area contributed by atoms with E-state index in [2.05, 4.69) is 24.3 Å². The van der Waals surface area contributed by atoms with Crippen molar-refractivity contribution in [2.75, 3.05) is 0 Å². The van der Waals surface area contributed by atoms with Crippen molar-refractivity contribution in [3.63, 3.8) is 0 Å². The van der Waals surface area contributed by atoms with Gasteiger partial charge in [0.1, 0.15) is 0 Å². The highest BCUT2D eigenvalue weighted by atomic mass is 32.2. The molecule has 0 aliphatic heterocycles. The molecule has 256 valence electrons. The van der Waals surface area contributed by atoms with Crippen LogP contribution in [0.3, 0.4) is 0 Å². The Morgan fingerprint density at radius 3 is 2.02 bits per heavy atom. The van der Waals surface area contributed by atoms with Gasteiger partial charge >= 0.3 is 15.5 Å². The van der Waals surface area contributed by atoms with Crippen molar-refractivity contribution in [1.82, 2.24) is 9.62 Å². The minimum Gasteiger partial charge on any atom is -0.331 e. The van der Waals surface area contributed by atoms with Gasteiger partial charge < -0.3 is 4.90 Å². The van der Waals surface area contributed by atoms with Crippen LogP contribution in [0.25, 0.3) is 11.1 Å². The van der Waals surface area contributed by atoms with E-state index in [1.54, 1.807) is 24.3 Å². The Morgan fingerprint density at radius 1 is 0.720 bits per heavy atom. The normalized spacial score (nSPS) is 15.9. The maximum atomic E-state index is 14.6. The number of carbonyl (C=O) groups excluding carboxylic acids is 2. The number of fused-ring (bicyclic) bond motifs is 1. The number of halogens is 3. The summed E-state index contributed by atoms with van der Waals surface area (Å²) in [5.74, 6) is -1.28. The molecule has 6 nitrogen and oxygen atoms in total. The highest BCUT2D eigenvalue weighted by Gasteiger charge is 2.47. The van der Waals surface area contributed by atoms with E-state index in [-0.39, 0.29) is 29.9 Å². The van der Waals surface area contributed by atoms with Crippen LogP contribution < -0.4 is 4.72 Å². The summed E-state index contributed by atoms with van der Waals surface area (Å²) in [5.41, 5.74) is 0.533. The number of nitrogens with zero attached hydrogens (tertiary/aromatic N) is 1. The monoisotopic (exact) mass is 696 g/mol. The Balaban J connectivity index is 1.30. The zero-order valence-corrected chi connectivity index (χ0v) is 27.8. The van der Waals surface area contributed by atoms with Gasteiger partial charge in [-0.05, 0) is 76.3 Å². The summed E-state index contributed by atoms with van der Waals surface area (Å²) in [4.78, 5) is 29.0. The van der Waals surface area contributed by atoms with Gasteiger partial charge in [-0.25, -0.2) is 4.72 Å². The molecule has 0 radical (unpaired) electrons. The molecular formula is C40H35F3N2O4S. The highest BCUT2D eigenvalue weighted by Crippen LogP contribution is 2.41. The summed E-state index contributed by atoms with van der Waals surface area (Å²) in [6, 6.07) is 41.2. The lowest BCUT2D eigenvalue weighted by Crippen LogP contribution is -2.41. The summed E-state index contributed by atoms with van der Waals surface area (Å²) in [7, 11) is -5.87. The molecule has 2 atom stereocenters. The number of alkyl halides is 3. The van der Waals surface area contributed by atoms with Crippen molar-refractivity contribution in [3.05, 3.63) is 167 Å². The van der Waals surface area contributed by atoms with Gasteiger partial charge in [-0.1, -0.05) is 121 Å². The second-order valence-corrected chi connectivity index (χ2v) is 14.2. The first-order valence-electron chi connectivity index (χ1n) is 16.3. The topological polar surface area (TPSA) is 83.5 Å². The Labute approximate surface area is 289 Å². The van der Waals surface area contributed by atoms with Gasteiger partial charge in [0.2, 0.25) is 5.91 Å². The van der Waals surface area contributed by atoms with E-state index in [1.165, 1.54) is 29.3 Å². The first kappa shape index (κ1) is 34.6. The lowest BCUT2D eigenvalue weighted by molar-refractivity contribution is -0.135. The molecule has 2 amide bonds. The van der Waals surface area contributed by atoms with Crippen LogP contribution in [0.15, 0.2) is 133 Å². The molecule has 1 aliphatic rings. The van der Waals surface area contributed by atoms with Crippen LogP contribution in [0.4, 0.5) is 13.2 Å². The number of hydrogen-bond acceptors (Lipinski definition) is 4. The molecule has 0 saturated carbocycles. The Hall–Kier alpha value is -5.22. The number of hydrogen-bond donors (Lipinski definition) is 1. The summed E-state index contributed by atoms with van der Waals surface area (Å²) in [6.07, 6.45) is 2.76.